The largest absolute Gasteiger partial charge is 0.321 e. The molecule has 1 amide bonds. The molecule has 5 nitrogen and oxygen atoms in total. The van der Waals surface area contributed by atoms with Gasteiger partial charge in [-0.15, -0.1) is 0 Å². The van der Waals surface area contributed by atoms with Gasteiger partial charge in [0.05, 0.1) is 27.4 Å². The third-order valence-corrected chi connectivity index (χ3v) is 4.10. The van der Waals surface area contributed by atoms with Crippen molar-refractivity contribution in [3.8, 4) is 0 Å². The normalized spacial score (nSPS) is 11.2. The Morgan fingerprint density at radius 1 is 1.24 bits per heavy atom. The van der Waals surface area contributed by atoms with E-state index in [1.54, 1.807) is 0 Å². The van der Waals surface area contributed by atoms with E-state index < -0.39 is 20.8 Å². The Morgan fingerprint density at radius 3 is 2.52 bits per heavy atom. The highest BCUT2D eigenvalue weighted by Crippen LogP contribution is 2.27. The minimum absolute atomic E-state index is 0.000100. The zero-order chi connectivity index (χ0) is 15.6. The van der Waals surface area contributed by atoms with Crippen molar-refractivity contribution in [3.63, 3.8) is 0 Å². The Balaban J connectivity index is 2.26. The van der Waals surface area contributed by atoms with Crippen LogP contribution in [0.5, 0.6) is 0 Å². The molecule has 110 valence electrons. The molecule has 1 aromatic carbocycles. The Morgan fingerprint density at radius 2 is 1.95 bits per heavy atom. The van der Waals surface area contributed by atoms with Gasteiger partial charge in [-0.1, -0.05) is 11.6 Å². The third-order valence-electron chi connectivity index (χ3n) is 2.44. The van der Waals surface area contributed by atoms with E-state index in [9.17, 15) is 17.6 Å². The standard InChI is InChI=1S/C12H7Cl2FN2O3S/c13-10-4-9(21(14,19)20)1-2-11(10)17-12(18)7-3-8(15)6-16-5-7/h1-6H,(H,17,18). The average Bonchev–Trinajstić information content (AvgIpc) is 2.39. The van der Waals surface area contributed by atoms with Gasteiger partial charge in [-0.3, -0.25) is 9.78 Å². The molecule has 0 unspecified atom stereocenters. The number of rotatable bonds is 3. The topological polar surface area (TPSA) is 76.1 Å². The average molecular weight is 349 g/mol. The monoisotopic (exact) mass is 348 g/mol. The van der Waals surface area contributed by atoms with Crippen molar-refractivity contribution in [1.82, 2.24) is 4.98 Å². The van der Waals surface area contributed by atoms with E-state index in [2.05, 4.69) is 10.3 Å². The molecule has 0 bridgehead atoms. The highest BCUT2D eigenvalue weighted by molar-refractivity contribution is 8.13. The second-order valence-corrected chi connectivity index (χ2v) is 6.90. The highest BCUT2D eigenvalue weighted by atomic mass is 35.7. The summed E-state index contributed by atoms with van der Waals surface area (Å²) >= 11 is 5.87. The van der Waals surface area contributed by atoms with Gasteiger partial charge in [0, 0.05) is 16.9 Å². The number of pyridine rings is 1. The lowest BCUT2D eigenvalue weighted by Gasteiger charge is -2.08. The van der Waals surface area contributed by atoms with Crippen molar-refractivity contribution in [3.05, 3.63) is 53.1 Å². The SMILES string of the molecule is O=C(Nc1ccc(S(=O)(=O)Cl)cc1Cl)c1cncc(F)c1. The van der Waals surface area contributed by atoms with Crippen molar-refractivity contribution in [2.75, 3.05) is 5.32 Å². The van der Waals surface area contributed by atoms with Gasteiger partial charge in [0.2, 0.25) is 0 Å². The van der Waals surface area contributed by atoms with Gasteiger partial charge in [-0.2, -0.15) is 0 Å². The minimum atomic E-state index is -3.91. The van der Waals surface area contributed by atoms with Crippen molar-refractivity contribution in [2.24, 2.45) is 0 Å². The van der Waals surface area contributed by atoms with Crippen LogP contribution in [0.3, 0.4) is 0 Å². The number of carbonyl (C=O) groups is 1. The second kappa shape index (κ2) is 5.97. The maximum Gasteiger partial charge on any atom is 0.261 e. The lowest BCUT2D eigenvalue weighted by Crippen LogP contribution is -2.13. The summed E-state index contributed by atoms with van der Waals surface area (Å²) in [4.78, 5) is 15.2. The van der Waals surface area contributed by atoms with E-state index in [0.29, 0.717) is 0 Å². The molecule has 0 aliphatic heterocycles. The number of aromatic nitrogens is 1. The zero-order valence-corrected chi connectivity index (χ0v) is 12.5. The van der Waals surface area contributed by atoms with Gasteiger partial charge in [0.1, 0.15) is 5.82 Å². The first-order chi connectivity index (χ1) is 9.77. The van der Waals surface area contributed by atoms with Gasteiger partial charge in [0.15, 0.2) is 0 Å². The summed E-state index contributed by atoms with van der Waals surface area (Å²) in [5.41, 5.74) is 0.162. The van der Waals surface area contributed by atoms with Crippen molar-refractivity contribution < 1.29 is 17.6 Å². The van der Waals surface area contributed by atoms with E-state index in [4.69, 9.17) is 22.3 Å². The Hall–Kier alpha value is -1.70. The van der Waals surface area contributed by atoms with E-state index in [-0.39, 0.29) is 21.2 Å². The van der Waals surface area contributed by atoms with Crippen molar-refractivity contribution in [1.29, 1.82) is 0 Å². The summed E-state index contributed by atoms with van der Waals surface area (Å²) in [6.07, 6.45) is 2.15. The fourth-order valence-electron chi connectivity index (χ4n) is 1.48. The van der Waals surface area contributed by atoms with Gasteiger partial charge < -0.3 is 5.32 Å². The van der Waals surface area contributed by atoms with Crippen LogP contribution in [-0.2, 0) is 9.05 Å². The van der Waals surface area contributed by atoms with Crippen molar-refractivity contribution >= 4 is 42.9 Å². The van der Waals surface area contributed by atoms with Crippen LogP contribution in [0.2, 0.25) is 5.02 Å². The second-order valence-electron chi connectivity index (χ2n) is 3.93. The van der Waals surface area contributed by atoms with Crippen LogP contribution in [0.25, 0.3) is 0 Å². The number of hydrogen-bond donors (Lipinski definition) is 1. The molecule has 1 aromatic heterocycles. The maximum atomic E-state index is 13.0. The van der Waals surface area contributed by atoms with Crippen LogP contribution in [-0.4, -0.2) is 19.3 Å². The molecular weight excluding hydrogens is 342 g/mol. The first-order valence-corrected chi connectivity index (χ1v) is 8.12. The molecule has 1 heterocycles. The molecule has 0 aliphatic carbocycles. The van der Waals surface area contributed by atoms with Crippen molar-refractivity contribution in [2.45, 2.75) is 4.90 Å². The van der Waals surface area contributed by atoms with E-state index in [1.165, 1.54) is 18.3 Å². The molecule has 2 rings (SSSR count). The maximum absolute atomic E-state index is 13.0. The minimum Gasteiger partial charge on any atom is -0.321 e. The number of benzene rings is 1. The summed E-state index contributed by atoms with van der Waals surface area (Å²) in [7, 11) is 1.27. The first-order valence-electron chi connectivity index (χ1n) is 5.43. The molecule has 21 heavy (non-hydrogen) atoms. The number of halogens is 3. The van der Waals surface area contributed by atoms with Crippen LogP contribution in [0.4, 0.5) is 10.1 Å². The number of carbonyl (C=O) groups excluding carboxylic acids is 1. The number of nitrogens with one attached hydrogen (secondary N) is 1. The molecule has 1 N–H and O–H groups in total. The number of hydrogen-bond acceptors (Lipinski definition) is 4. The predicted molar refractivity (Wildman–Crippen MR) is 76.6 cm³/mol. The van der Waals surface area contributed by atoms with E-state index in [0.717, 1.165) is 18.3 Å². The summed E-state index contributed by atoms with van der Waals surface area (Å²) in [6.45, 7) is 0. The lowest BCUT2D eigenvalue weighted by atomic mass is 10.2. The summed E-state index contributed by atoms with van der Waals surface area (Å²) < 4.78 is 35.3. The lowest BCUT2D eigenvalue weighted by molar-refractivity contribution is 0.102. The molecule has 2 aromatic rings. The molecule has 0 spiro atoms. The highest BCUT2D eigenvalue weighted by Gasteiger charge is 2.14. The number of nitrogens with zero attached hydrogens (tertiary/aromatic N) is 1. The van der Waals surface area contributed by atoms with E-state index in [1.807, 2.05) is 0 Å². The van der Waals surface area contributed by atoms with Crippen LogP contribution in [0.1, 0.15) is 10.4 Å². The van der Waals surface area contributed by atoms with Crippen LogP contribution >= 0.6 is 22.3 Å². The Bertz CT molecular complexity index is 812. The molecule has 0 atom stereocenters. The van der Waals surface area contributed by atoms with Crippen LogP contribution in [0, 0.1) is 5.82 Å². The molecule has 9 heteroatoms. The van der Waals surface area contributed by atoms with Crippen LogP contribution in [0.15, 0.2) is 41.6 Å². The summed E-state index contributed by atoms with van der Waals surface area (Å²) in [5, 5.41) is 2.40. The zero-order valence-electron chi connectivity index (χ0n) is 10.2. The fraction of sp³-hybridized carbons (Fsp3) is 0. The fourth-order valence-corrected chi connectivity index (χ4v) is 2.55. The molecule has 0 radical (unpaired) electrons. The molecule has 0 saturated carbocycles. The smallest absolute Gasteiger partial charge is 0.261 e. The van der Waals surface area contributed by atoms with Crippen LogP contribution < -0.4 is 5.32 Å². The molecule has 0 aliphatic rings. The first kappa shape index (κ1) is 15.7. The van der Waals surface area contributed by atoms with Gasteiger partial charge in [-0.25, -0.2) is 12.8 Å². The third kappa shape index (κ3) is 3.90. The predicted octanol–water partition coefficient (Wildman–Crippen LogP) is 3.05. The number of amides is 1. The van der Waals surface area contributed by atoms with Gasteiger partial charge >= 0.3 is 0 Å². The van der Waals surface area contributed by atoms with Gasteiger partial charge in [-0.05, 0) is 24.3 Å². The quantitative estimate of drug-likeness (QED) is 0.864. The Kier molecular flexibility index (Phi) is 4.46. The van der Waals surface area contributed by atoms with E-state index >= 15 is 0 Å². The Labute approximate surface area is 129 Å². The summed E-state index contributed by atoms with van der Waals surface area (Å²) in [6, 6.07) is 4.58. The summed E-state index contributed by atoms with van der Waals surface area (Å²) in [5.74, 6) is -1.29. The molecule has 0 fully saturated rings. The van der Waals surface area contributed by atoms with Gasteiger partial charge in [0.25, 0.3) is 15.0 Å². The molecular formula is C12H7Cl2FN2O3S. The number of anilines is 1. The molecule has 0 saturated heterocycles.